The third-order valence-electron chi connectivity index (χ3n) is 4.55. The molecule has 1 atom stereocenters. The van der Waals surface area contributed by atoms with E-state index in [4.69, 9.17) is 0 Å². The lowest BCUT2D eigenvalue weighted by atomic mass is 10.0. The highest BCUT2D eigenvalue weighted by Gasteiger charge is 2.26. The molecule has 0 radical (unpaired) electrons. The number of anilines is 1. The summed E-state index contributed by atoms with van der Waals surface area (Å²) in [5.74, 6) is -0.359. The van der Waals surface area contributed by atoms with E-state index < -0.39 is 0 Å². The molecule has 7 heteroatoms. The fraction of sp³-hybridized carbons (Fsp3) is 0.350. The third-order valence-corrected chi connectivity index (χ3v) is 5.41. The first-order valence-corrected chi connectivity index (χ1v) is 9.99. The molecule has 0 saturated carbocycles. The fourth-order valence-electron chi connectivity index (χ4n) is 3.15. The first-order valence-electron chi connectivity index (χ1n) is 9.11. The molecule has 2 aromatic rings. The van der Waals surface area contributed by atoms with Gasteiger partial charge in [-0.15, -0.1) is 11.3 Å². The normalized spacial score (nSPS) is 16.6. The zero-order valence-electron chi connectivity index (χ0n) is 15.2. The second-order valence-electron chi connectivity index (χ2n) is 6.49. The number of likely N-dealkylation sites (tertiary alicyclic amines) is 1. The highest BCUT2D eigenvalue weighted by atomic mass is 32.1. The third kappa shape index (κ3) is 4.74. The van der Waals surface area contributed by atoms with Crippen molar-refractivity contribution in [2.45, 2.75) is 32.2 Å². The quantitative estimate of drug-likeness (QED) is 0.830. The first kappa shape index (κ1) is 19.1. The number of piperidine rings is 1. The van der Waals surface area contributed by atoms with Crippen LogP contribution in [0.2, 0.25) is 0 Å². The highest BCUT2D eigenvalue weighted by Crippen LogP contribution is 2.21. The number of benzene rings is 1. The number of rotatable bonds is 5. The molecule has 3 rings (SSSR count). The molecule has 0 bridgehead atoms. The number of carbonyl (C=O) groups excluding carboxylic acids is 3. The van der Waals surface area contributed by atoms with Gasteiger partial charge in [-0.3, -0.25) is 14.4 Å². The number of para-hydroxylation sites is 1. The van der Waals surface area contributed by atoms with Crippen LogP contribution < -0.4 is 10.6 Å². The maximum Gasteiger partial charge on any atom is 0.265 e. The van der Waals surface area contributed by atoms with Gasteiger partial charge >= 0.3 is 0 Å². The SMILES string of the molecule is CCC(=O)NC1CCCN(C(=O)c2ccccc2NC(=O)c2cccs2)C1. The Bertz CT molecular complexity index is 820. The van der Waals surface area contributed by atoms with Gasteiger partial charge in [0.2, 0.25) is 5.91 Å². The molecule has 1 aromatic carbocycles. The number of nitrogens with zero attached hydrogens (tertiary/aromatic N) is 1. The van der Waals surface area contributed by atoms with Crippen LogP contribution in [-0.2, 0) is 4.79 Å². The summed E-state index contributed by atoms with van der Waals surface area (Å²) in [5.41, 5.74) is 0.963. The van der Waals surface area contributed by atoms with Crippen LogP contribution in [-0.4, -0.2) is 41.8 Å². The van der Waals surface area contributed by atoms with E-state index in [0.717, 1.165) is 12.8 Å². The molecule has 0 aliphatic carbocycles. The molecule has 1 aromatic heterocycles. The van der Waals surface area contributed by atoms with Crippen LogP contribution in [0.3, 0.4) is 0 Å². The van der Waals surface area contributed by atoms with Crippen LogP contribution in [0.1, 0.15) is 46.2 Å². The Kier molecular flexibility index (Phi) is 6.24. The average Bonchev–Trinajstić information content (AvgIpc) is 3.23. The largest absolute Gasteiger partial charge is 0.352 e. The Hall–Kier alpha value is -2.67. The van der Waals surface area contributed by atoms with Crippen molar-refractivity contribution in [1.82, 2.24) is 10.2 Å². The van der Waals surface area contributed by atoms with E-state index in [1.165, 1.54) is 11.3 Å². The summed E-state index contributed by atoms with van der Waals surface area (Å²) >= 11 is 1.35. The minimum Gasteiger partial charge on any atom is -0.352 e. The molecule has 27 heavy (non-hydrogen) atoms. The van der Waals surface area contributed by atoms with Crippen molar-refractivity contribution in [3.63, 3.8) is 0 Å². The van der Waals surface area contributed by atoms with Crippen molar-refractivity contribution in [2.75, 3.05) is 18.4 Å². The lowest BCUT2D eigenvalue weighted by molar-refractivity contribution is -0.121. The van der Waals surface area contributed by atoms with Crippen LogP contribution in [0.4, 0.5) is 5.69 Å². The molecule has 1 fully saturated rings. The summed E-state index contributed by atoms with van der Waals surface area (Å²) in [7, 11) is 0. The molecule has 2 heterocycles. The van der Waals surface area contributed by atoms with Crippen LogP contribution >= 0.6 is 11.3 Å². The molecule has 1 unspecified atom stereocenters. The molecular weight excluding hydrogens is 362 g/mol. The van der Waals surface area contributed by atoms with Gasteiger partial charge in [0.15, 0.2) is 0 Å². The topological polar surface area (TPSA) is 78.5 Å². The molecule has 142 valence electrons. The van der Waals surface area contributed by atoms with E-state index in [1.807, 2.05) is 18.4 Å². The Balaban J connectivity index is 1.73. The number of hydrogen-bond acceptors (Lipinski definition) is 4. The van der Waals surface area contributed by atoms with Crippen LogP contribution in [0.25, 0.3) is 0 Å². The van der Waals surface area contributed by atoms with Crippen molar-refractivity contribution < 1.29 is 14.4 Å². The number of carbonyl (C=O) groups is 3. The predicted octanol–water partition coefficient (Wildman–Crippen LogP) is 3.13. The summed E-state index contributed by atoms with van der Waals surface area (Å²) in [4.78, 5) is 39.4. The molecule has 3 amide bonds. The molecule has 2 N–H and O–H groups in total. The molecule has 0 spiro atoms. The van der Waals surface area contributed by atoms with E-state index >= 15 is 0 Å². The molecular formula is C20H23N3O3S. The van der Waals surface area contributed by atoms with Crippen molar-refractivity contribution in [3.8, 4) is 0 Å². The van der Waals surface area contributed by atoms with E-state index in [0.29, 0.717) is 35.6 Å². The van der Waals surface area contributed by atoms with Gasteiger partial charge < -0.3 is 15.5 Å². The van der Waals surface area contributed by atoms with Crippen LogP contribution in [0.15, 0.2) is 41.8 Å². The fourth-order valence-corrected chi connectivity index (χ4v) is 3.77. The lowest BCUT2D eigenvalue weighted by Crippen LogP contribution is -2.49. The summed E-state index contributed by atoms with van der Waals surface area (Å²) in [5, 5.41) is 7.65. The predicted molar refractivity (Wildman–Crippen MR) is 106 cm³/mol. The highest BCUT2D eigenvalue weighted by molar-refractivity contribution is 7.12. The van der Waals surface area contributed by atoms with E-state index in [-0.39, 0.29) is 23.8 Å². The number of hydrogen-bond donors (Lipinski definition) is 2. The molecule has 6 nitrogen and oxygen atoms in total. The van der Waals surface area contributed by atoms with Crippen LogP contribution in [0, 0.1) is 0 Å². The summed E-state index contributed by atoms with van der Waals surface area (Å²) < 4.78 is 0. The maximum atomic E-state index is 13.1. The Morgan fingerprint density at radius 2 is 2.00 bits per heavy atom. The van der Waals surface area contributed by atoms with Gasteiger partial charge in [0.05, 0.1) is 16.1 Å². The van der Waals surface area contributed by atoms with Gasteiger partial charge in [0.1, 0.15) is 0 Å². The van der Waals surface area contributed by atoms with Crippen molar-refractivity contribution in [3.05, 3.63) is 52.2 Å². The Morgan fingerprint density at radius 1 is 1.19 bits per heavy atom. The number of amides is 3. The first-order chi connectivity index (χ1) is 13.1. The van der Waals surface area contributed by atoms with Crippen molar-refractivity contribution >= 4 is 34.7 Å². The molecule has 1 saturated heterocycles. The second-order valence-corrected chi connectivity index (χ2v) is 7.44. The lowest BCUT2D eigenvalue weighted by Gasteiger charge is -2.33. The van der Waals surface area contributed by atoms with Gasteiger partial charge in [0, 0.05) is 25.6 Å². The number of thiophene rings is 1. The minimum absolute atomic E-state index is 0.00193. The minimum atomic E-state index is -0.225. The zero-order chi connectivity index (χ0) is 19.2. The number of nitrogens with one attached hydrogen (secondary N) is 2. The van der Waals surface area contributed by atoms with Gasteiger partial charge in [-0.25, -0.2) is 0 Å². The van der Waals surface area contributed by atoms with E-state index in [9.17, 15) is 14.4 Å². The van der Waals surface area contributed by atoms with Gasteiger partial charge in [-0.2, -0.15) is 0 Å². The van der Waals surface area contributed by atoms with Crippen molar-refractivity contribution in [1.29, 1.82) is 0 Å². The van der Waals surface area contributed by atoms with Crippen molar-refractivity contribution in [2.24, 2.45) is 0 Å². The standard InChI is InChI=1S/C20H23N3O3S/c1-2-18(24)21-14-7-5-11-23(13-14)20(26)15-8-3-4-9-16(15)22-19(25)17-10-6-12-27-17/h3-4,6,8-10,12,14H,2,5,7,11,13H2,1H3,(H,21,24)(H,22,25). The zero-order valence-corrected chi connectivity index (χ0v) is 16.1. The smallest absolute Gasteiger partial charge is 0.265 e. The second kappa shape index (κ2) is 8.81. The van der Waals surface area contributed by atoms with E-state index in [2.05, 4.69) is 10.6 Å². The van der Waals surface area contributed by atoms with Gasteiger partial charge in [-0.1, -0.05) is 25.1 Å². The molecule has 1 aliphatic heterocycles. The average molecular weight is 385 g/mol. The summed E-state index contributed by atoms with van der Waals surface area (Å²) in [6, 6.07) is 10.6. The maximum absolute atomic E-state index is 13.1. The summed E-state index contributed by atoms with van der Waals surface area (Å²) in [6.07, 6.45) is 2.14. The molecule has 1 aliphatic rings. The van der Waals surface area contributed by atoms with E-state index in [1.54, 1.807) is 35.2 Å². The summed E-state index contributed by atoms with van der Waals surface area (Å²) in [6.45, 7) is 2.94. The van der Waals surface area contributed by atoms with Gasteiger partial charge in [0.25, 0.3) is 11.8 Å². The Labute approximate surface area is 162 Å². The van der Waals surface area contributed by atoms with Crippen LogP contribution in [0.5, 0.6) is 0 Å². The van der Waals surface area contributed by atoms with Gasteiger partial charge in [-0.05, 0) is 36.4 Å². The monoisotopic (exact) mass is 385 g/mol. The Morgan fingerprint density at radius 3 is 2.74 bits per heavy atom.